The van der Waals surface area contributed by atoms with E-state index < -0.39 is 45.1 Å². The highest BCUT2D eigenvalue weighted by Gasteiger charge is 2.30. The summed E-state index contributed by atoms with van der Waals surface area (Å²) in [7, 11) is -4.50. The third-order valence-corrected chi connectivity index (χ3v) is 6.12. The lowest BCUT2D eigenvalue weighted by molar-refractivity contribution is -0.121. The summed E-state index contributed by atoms with van der Waals surface area (Å²) >= 11 is 0. The van der Waals surface area contributed by atoms with E-state index in [2.05, 4.69) is 0 Å². The maximum absolute atomic E-state index is 13.9. The number of ketones is 1. The summed E-state index contributed by atoms with van der Waals surface area (Å²) in [5.41, 5.74) is 1.36. The van der Waals surface area contributed by atoms with E-state index in [9.17, 15) is 35.2 Å². The van der Waals surface area contributed by atoms with Crippen molar-refractivity contribution in [2.45, 2.75) is 23.9 Å². The summed E-state index contributed by atoms with van der Waals surface area (Å²) in [5, 5.41) is 0. The summed E-state index contributed by atoms with van der Waals surface area (Å²) in [4.78, 5) is 12.2. The van der Waals surface area contributed by atoms with Gasteiger partial charge >= 0.3 is 6.18 Å². The lowest BCUT2D eigenvalue weighted by atomic mass is 9.94. The van der Waals surface area contributed by atoms with Gasteiger partial charge < -0.3 is 0 Å². The summed E-state index contributed by atoms with van der Waals surface area (Å²) in [5.74, 6) is -2.17. The van der Waals surface area contributed by atoms with Crippen molar-refractivity contribution in [2.75, 3.05) is 6.54 Å². The van der Waals surface area contributed by atoms with Crippen LogP contribution in [0, 0.1) is 11.6 Å². The number of carbonyl (C=O) groups is 1. The molecule has 0 saturated carbocycles. The van der Waals surface area contributed by atoms with Gasteiger partial charge in [0.05, 0.1) is 4.90 Å². The van der Waals surface area contributed by atoms with Gasteiger partial charge in [0.1, 0.15) is 24.0 Å². The van der Waals surface area contributed by atoms with Crippen molar-refractivity contribution in [3.05, 3.63) is 89.5 Å². The molecular weight excluding hydrogens is 465 g/mol. The Morgan fingerprint density at radius 2 is 1.52 bits per heavy atom. The van der Waals surface area contributed by atoms with Crippen LogP contribution >= 0.6 is 0 Å². The monoisotopic (exact) mass is 483 g/mol. The van der Waals surface area contributed by atoms with E-state index in [0.29, 0.717) is 17.2 Å². The molecule has 0 saturated heterocycles. The maximum atomic E-state index is 13.9. The molecule has 0 aliphatic rings. The molecule has 3 aromatic rings. The molecule has 0 heterocycles. The second-order valence-corrected chi connectivity index (χ2v) is 9.02. The number of hydrogen-bond acceptors (Lipinski definition) is 3. The van der Waals surface area contributed by atoms with Crippen LogP contribution in [0.1, 0.15) is 11.1 Å². The fourth-order valence-corrected chi connectivity index (χ4v) is 4.26. The molecule has 3 aromatic carbocycles. The van der Waals surface area contributed by atoms with Gasteiger partial charge in [-0.1, -0.05) is 42.5 Å². The van der Waals surface area contributed by atoms with Crippen LogP contribution in [0.15, 0.2) is 71.6 Å². The van der Waals surface area contributed by atoms with Crippen LogP contribution < -0.4 is 4.72 Å². The fraction of sp³-hybridized carbons (Fsp3) is 0.174. The fourth-order valence-electron chi connectivity index (χ4n) is 3.20. The van der Waals surface area contributed by atoms with Gasteiger partial charge in [-0.3, -0.25) is 4.79 Å². The molecule has 0 aliphatic heterocycles. The average molecular weight is 483 g/mol. The van der Waals surface area contributed by atoms with Crippen LogP contribution in [0.3, 0.4) is 0 Å². The van der Waals surface area contributed by atoms with E-state index in [4.69, 9.17) is 0 Å². The quantitative estimate of drug-likeness (QED) is 0.467. The first kappa shape index (κ1) is 24.5. The van der Waals surface area contributed by atoms with Gasteiger partial charge in [0, 0.05) is 18.9 Å². The molecule has 0 bridgehead atoms. The van der Waals surface area contributed by atoms with Crippen LogP contribution in [0.4, 0.5) is 22.0 Å². The highest BCUT2D eigenvalue weighted by molar-refractivity contribution is 7.89. The summed E-state index contributed by atoms with van der Waals surface area (Å²) < 4.78 is 90.6. The van der Waals surface area contributed by atoms with Gasteiger partial charge in [0.15, 0.2) is 0 Å². The Labute approximate surface area is 187 Å². The smallest absolute Gasteiger partial charge is 0.299 e. The number of benzene rings is 3. The Hall–Kier alpha value is -3.11. The number of rotatable bonds is 8. The molecule has 4 nitrogen and oxygen atoms in total. The van der Waals surface area contributed by atoms with E-state index in [1.165, 1.54) is 10.8 Å². The minimum atomic E-state index is -4.74. The minimum Gasteiger partial charge on any atom is -0.299 e. The topological polar surface area (TPSA) is 63.2 Å². The molecule has 3 rings (SSSR count). The van der Waals surface area contributed by atoms with Crippen molar-refractivity contribution in [1.82, 2.24) is 4.72 Å². The van der Waals surface area contributed by atoms with E-state index in [1.54, 1.807) is 30.3 Å². The number of carbonyl (C=O) groups excluding carboxylic acids is 1. The van der Waals surface area contributed by atoms with Gasteiger partial charge in [0.2, 0.25) is 10.0 Å². The lowest BCUT2D eigenvalue weighted by Gasteiger charge is -2.14. The molecular formula is C23H18F5NO3S. The number of Topliss-reactive ketones (excluding diaryl/α,β-unsaturated/α-hetero) is 1. The van der Waals surface area contributed by atoms with Crippen LogP contribution in [-0.4, -0.2) is 26.9 Å². The highest BCUT2D eigenvalue weighted by atomic mass is 32.2. The summed E-state index contributed by atoms with van der Waals surface area (Å²) in [6.45, 7) is -1.74. The normalized spacial score (nSPS) is 12.0. The second-order valence-electron chi connectivity index (χ2n) is 7.25. The number of halogens is 5. The first-order valence-electron chi connectivity index (χ1n) is 9.65. The minimum absolute atomic E-state index is 0.0294. The molecule has 0 amide bonds. The lowest BCUT2D eigenvalue weighted by Crippen LogP contribution is -2.33. The van der Waals surface area contributed by atoms with Crippen molar-refractivity contribution in [3.63, 3.8) is 0 Å². The Morgan fingerprint density at radius 3 is 2.15 bits per heavy atom. The molecule has 0 aliphatic carbocycles. The number of nitrogens with one attached hydrogen (secondary N) is 1. The van der Waals surface area contributed by atoms with Crippen molar-refractivity contribution in [3.8, 4) is 11.1 Å². The number of hydrogen-bond donors (Lipinski definition) is 1. The molecule has 10 heteroatoms. The second kappa shape index (κ2) is 9.80. The molecule has 0 atom stereocenters. The SMILES string of the molecule is O=C(Cc1ccc(F)cc1F)Cc1cc(S(=O)(=O)NCC(F)(F)F)ccc1-c1ccccc1. The van der Waals surface area contributed by atoms with Crippen molar-refractivity contribution < 1.29 is 35.2 Å². The van der Waals surface area contributed by atoms with Crippen molar-refractivity contribution in [2.24, 2.45) is 0 Å². The van der Waals surface area contributed by atoms with Gasteiger partial charge in [-0.15, -0.1) is 0 Å². The Kier molecular flexibility index (Phi) is 7.28. The zero-order chi connectivity index (χ0) is 24.2. The van der Waals surface area contributed by atoms with E-state index >= 15 is 0 Å². The van der Waals surface area contributed by atoms with Crippen molar-refractivity contribution >= 4 is 15.8 Å². The van der Waals surface area contributed by atoms with Gasteiger partial charge in [-0.05, 0) is 40.5 Å². The number of sulfonamides is 1. The molecule has 0 spiro atoms. The zero-order valence-electron chi connectivity index (χ0n) is 17.0. The first-order chi connectivity index (χ1) is 15.4. The zero-order valence-corrected chi connectivity index (χ0v) is 17.8. The molecule has 174 valence electrons. The Bertz CT molecular complexity index is 1260. The largest absolute Gasteiger partial charge is 0.402 e. The van der Waals surface area contributed by atoms with E-state index in [-0.39, 0.29) is 24.0 Å². The third-order valence-electron chi connectivity index (χ3n) is 4.72. The van der Waals surface area contributed by atoms with Crippen LogP contribution in [-0.2, 0) is 27.7 Å². The predicted molar refractivity (Wildman–Crippen MR) is 112 cm³/mol. The molecule has 1 N–H and O–H groups in total. The third kappa shape index (κ3) is 6.69. The highest BCUT2D eigenvalue weighted by Crippen LogP contribution is 2.28. The van der Waals surface area contributed by atoms with Gasteiger partial charge in [0.25, 0.3) is 0 Å². The van der Waals surface area contributed by atoms with Crippen LogP contribution in [0.2, 0.25) is 0 Å². The van der Waals surface area contributed by atoms with Gasteiger partial charge in [-0.2, -0.15) is 13.2 Å². The predicted octanol–water partition coefficient (Wildman–Crippen LogP) is 4.83. The Morgan fingerprint density at radius 1 is 0.848 bits per heavy atom. The molecule has 33 heavy (non-hydrogen) atoms. The molecule has 0 fully saturated rings. The van der Waals surface area contributed by atoms with E-state index in [1.807, 2.05) is 0 Å². The summed E-state index contributed by atoms with van der Waals surface area (Å²) in [6, 6.07) is 15.1. The summed E-state index contributed by atoms with van der Waals surface area (Å²) in [6.07, 6.45) is -5.43. The van der Waals surface area contributed by atoms with Gasteiger partial charge in [-0.25, -0.2) is 21.9 Å². The van der Waals surface area contributed by atoms with Crippen LogP contribution in [0.5, 0.6) is 0 Å². The Balaban J connectivity index is 1.94. The molecule has 0 unspecified atom stereocenters. The van der Waals surface area contributed by atoms with Crippen molar-refractivity contribution in [1.29, 1.82) is 0 Å². The molecule has 0 radical (unpaired) electrons. The number of alkyl halides is 3. The standard InChI is InChI=1S/C23H18F5NO3S/c24-18-7-6-16(22(25)13-18)10-19(30)11-17-12-20(33(31,32)29-14-23(26,27)28)8-9-21(17)15-4-2-1-3-5-15/h1-9,12-13,29H,10-11,14H2. The first-order valence-corrected chi connectivity index (χ1v) is 11.1. The molecule has 0 aromatic heterocycles. The van der Waals surface area contributed by atoms with E-state index in [0.717, 1.165) is 24.3 Å². The maximum Gasteiger partial charge on any atom is 0.402 e. The van der Waals surface area contributed by atoms with Crippen LogP contribution in [0.25, 0.3) is 11.1 Å². The average Bonchev–Trinajstić information content (AvgIpc) is 2.74.